The summed E-state index contributed by atoms with van der Waals surface area (Å²) in [5.74, 6) is -1.19. The van der Waals surface area contributed by atoms with Crippen LogP contribution in [0.4, 0.5) is 0 Å². The molecule has 1 amide bonds. The number of carboxylic acid groups (broad SMARTS) is 1. The molecule has 0 aromatic heterocycles. The number of nitrogens with zero attached hydrogens (tertiary/aromatic N) is 1. The molecular weight excluding hydrogens is 300 g/mol. The molecule has 7 nitrogen and oxygen atoms in total. The highest BCUT2D eigenvalue weighted by atomic mass is 16.4. The summed E-state index contributed by atoms with van der Waals surface area (Å²) in [6.07, 6.45) is 5.72. The van der Waals surface area contributed by atoms with Crippen molar-refractivity contribution in [1.29, 1.82) is 0 Å². The average molecular weight is 328 g/mol. The third kappa shape index (κ3) is 14.9. The lowest BCUT2D eigenvalue weighted by atomic mass is 10.1. The van der Waals surface area contributed by atoms with E-state index in [4.69, 9.17) is 5.11 Å². The maximum absolute atomic E-state index is 11.8. The molecule has 0 aromatic rings. The molecule has 0 saturated carbocycles. The second kappa shape index (κ2) is 12.8. The van der Waals surface area contributed by atoms with Gasteiger partial charge in [-0.15, -0.1) is 0 Å². The number of unbranched alkanes of at least 4 members (excludes halogenated alkanes) is 5. The van der Waals surface area contributed by atoms with Gasteiger partial charge in [0.15, 0.2) is 0 Å². The van der Waals surface area contributed by atoms with Gasteiger partial charge >= 0.3 is 5.97 Å². The Balaban J connectivity index is 3.76. The molecule has 0 unspecified atom stereocenters. The fourth-order valence-corrected chi connectivity index (χ4v) is 2.17. The zero-order valence-corrected chi connectivity index (χ0v) is 14.1. The predicted octanol–water partition coefficient (Wildman–Crippen LogP) is 1.70. The van der Waals surface area contributed by atoms with Crippen LogP contribution in [0.1, 0.15) is 65.2 Å². The molecule has 2 N–H and O–H groups in total. The lowest BCUT2D eigenvalue weighted by Gasteiger charge is -2.20. The van der Waals surface area contributed by atoms with E-state index >= 15 is 0 Å². The molecule has 0 radical (unpaired) electrons. The lowest BCUT2D eigenvalue weighted by molar-refractivity contribution is -0.137. The topological polar surface area (TPSA) is 104 Å². The normalized spacial score (nSPS) is 10.6. The number of rotatable bonds is 14. The largest absolute Gasteiger partial charge is 0.481 e. The van der Waals surface area contributed by atoms with Crippen LogP contribution in [-0.2, 0) is 19.2 Å². The number of carbonyl (C=O) groups excluding carboxylic acids is 3. The summed E-state index contributed by atoms with van der Waals surface area (Å²) in [6, 6.07) is 0. The molecule has 0 bridgehead atoms. The van der Waals surface area contributed by atoms with E-state index in [9.17, 15) is 19.2 Å². The van der Waals surface area contributed by atoms with Crippen LogP contribution in [0.15, 0.2) is 0 Å². The van der Waals surface area contributed by atoms with Gasteiger partial charge in [0, 0.05) is 12.8 Å². The van der Waals surface area contributed by atoms with E-state index < -0.39 is 5.97 Å². The number of aliphatic carboxylic acids is 1. The Bertz CT molecular complexity index is 393. The maximum atomic E-state index is 11.8. The summed E-state index contributed by atoms with van der Waals surface area (Å²) >= 11 is 0. The quantitative estimate of drug-likeness (QED) is 0.371. The molecule has 23 heavy (non-hydrogen) atoms. The van der Waals surface area contributed by atoms with E-state index in [0.29, 0.717) is 12.8 Å². The molecule has 0 rings (SSSR count). The number of carboxylic acids is 1. The van der Waals surface area contributed by atoms with Crippen molar-refractivity contribution < 1.29 is 24.3 Å². The van der Waals surface area contributed by atoms with Gasteiger partial charge in [0.05, 0.1) is 13.1 Å². The first kappa shape index (κ1) is 21.2. The van der Waals surface area contributed by atoms with Crippen LogP contribution in [0, 0.1) is 0 Å². The molecular formula is C16H28N2O5. The smallest absolute Gasteiger partial charge is 0.303 e. The Labute approximate surface area is 137 Å². The second-order valence-corrected chi connectivity index (χ2v) is 5.81. The molecule has 0 atom stereocenters. The molecule has 0 aliphatic carbocycles. The molecule has 7 heteroatoms. The minimum absolute atomic E-state index is 0.0227. The van der Waals surface area contributed by atoms with Crippen LogP contribution in [0.5, 0.6) is 0 Å². The molecule has 0 aliphatic rings. The van der Waals surface area contributed by atoms with Crippen molar-refractivity contribution in [2.75, 3.05) is 13.1 Å². The number of hydrogen-bond acceptors (Lipinski definition) is 5. The number of hydrogen-bond donors (Lipinski definition) is 2. The molecule has 0 heterocycles. The summed E-state index contributed by atoms with van der Waals surface area (Å²) in [5.41, 5.74) is 2.59. The van der Waals surface area contributed by atoms with Crippen LogP contribution < -0.4 is 5.43 Å². The van der Waals surface area contributed by atoms with Gasteiger partial charge in [-0.2, -0.15) is 0 Å². The molecule has 0 aromatic carbocycles. The number of carbonyl (C=O) groups is 4. The first-order chi connectivity index (χ1) is 10.8. The summed E-state index contributed by atoms with van der Waals surface area (Å²) in [7, 11) is 0. The molecule has 0 saturated heterocycles. The average Bonchev–Trinajstić information content (AvgIpc) is 2.39. The van der Waals surface area contributed by atoms with Crippen molar-refractivity contribution in [3.63, 3.8) is 0 Å². The molecule has 0 aliphatic heterocycles. The van der Waals surface area contributed by atoms with E-state index in [1.807, 2.05) is 0 Å². The Hall–Kier alpha value is -1.76. The standard InChI is InChI=1S/C16H28N2O5/c1-13(19)11-18(12-14(2)20)17-15(21)9-7-5-3-4-6-8-10-16(22)23/h3-12H2,1-2H3,(H,17,21)(H,22,23). The minimum atomic E-state index is -0.762. The monoisotopic (exact) mass is 328 g/mol. The van der Waals surface area contributed by atoms with Gasteiger partial charge in [-0.25, -0.2) is 5.01 Å². The van der Waals surface area contributed by atoms with Crippen molar-refractivity contribution in [3.05, 3.63) is 0 Å². The van der Waals surface area contributed by atoms with Crippen LogP contribution in [0.2, 0.25) is 0 Å². The Morgan fingerprint density at radius 3 is 1.65 bits per heavy atom. The van der Waals surface area contributed by atoms with Crippen LogP contribution in [-0.4, -0.2) is 46.6 Å². The number of Topliss-reactive ketones (excluding diaryl/α,β-unsaturated/α-hetero) is 2. The summed E-state index contributed by atoms with van der Waals surface area (Å²) in [6.45, 7) is 2.86. The SMILES string of the molecule is CC(=O)CN(CC(C)=O)NC(=O)CCCCCCCCC(=O)O. The van der Waals surface area contributed by atoms with Gasteiger partial charge in [0.25, 0.3) is 0 Å². The van der Waals surface area contributed by atoms with Crippen molar-refractivity contribution in [1.82, 2.24) is 10.4 Å². The molecule has 132 valence electrons. The fourth-order valence-electron chi connectivity index (χ4n) is 2.17. The highest BCUT2D eigenvalue weighted by Gasteiger charge is 2.12. The third-order valence-corrected chi connectivity index (χ3v) is 3.15. The number of nitrogens with one attached hydrogen (secondary N) is 1. The molecule has 0 spiro atoms. The Kier molecular flexibility index (Phi) is 11.8. The zero-order chi connectivity index (χ0) is 17.7. The van der Waals surface area contributed by atoms with Crippen LogP contribution in [0.3, 0.4) is 0 Å². The number of amides is 1. The van der Waals surface area contributed by atoms with Crippen molar-refractivity contribution in [2.24, 2.45) is 0 Å². The Morgan fingerprint density at radius 1 is 0.783 bits per heavy atom. The minimum Gasteiger partial charge on any atom is -0.481 e. The highest BCUT2D eigenvalue weighted by molar-refractivity contribution is 5.82. The van der Waals surface area contributed by atoms with Crippen LogP contribution >= 0.6 is 0 Å². The summed E-state index contributed by atoms with van der Waals surface area (Å²) < 4.78 is 0. The summed E-state index contributed by atoms with van der Waals surface area (Å²) in [4.78, 5) is 44.3. The van der Waals surface area contributed by atoms with Crippen molar-refractivity contribution >= 4 is 23.4 Å². The van der Waals surface area contributed by atoms with Gasteiger partial charge in [-0.3, -0.25) is 24.6 Å². The van der Waals surface area contributed by atoms with E-state index in [1.54, 1.807) is 0 Å². The van der Waals surface area contributed by atoms with Crippen LogP contribution in [0.25, 0.3) is 0 Å². The van der Waals surface area contributed by atoms with Gasteiger partial charge in [-0.05, 0) is 26.7 Å². The second-order valence-electron chi connectivity index (χ2n) is 5.81. The van der Waals surface area contributed by atoms with Gasteiger partial charge in [0.2, 0.25) is 5.91 Å². The van der Waals surface area contributed by atoms with E-state index in [2.05, 4.69) is 5.43 Å². The number of ketones is 2. The summed E-state index contributed by atoms with van der Waals surface area (Å²) in [5, 5.41) is 9.85. The lowest BCUT2D eigenvalue weighted by Crippen LogP contribution is -2.46. The fraction of sp³-hybridized carbons (Fsp3) is 0.750. The zero-order valence-electron chi connectivity index (χ0n) is 14.1. The van der Waals surface area contributed by atoms with Crippen molar-refractivity contribution in [2.45, 2.75) is 65.2 Å². The molecule has 0 fully saturated rings. The van der Waals surface area contributed by atoms with E-state index in [-0.39, 0.29) is 37.0 Å². The van der Waals surface area contributed by atoms with E-state index in [0.717, 1.165) is 32.1 Å². The first-order valence-electron chi connectivity index (χ1n) is 8.06. The maximum Gasteiger partial charge on any atom is 0.303 e. The van der Waals surface area contributed by atoms with E-state index in [1.165, 1.54) is 18.9 Å². The van der Waals surface area contributed by atoms with Gasteiger partial charge < -0.3 is 5.11 Å². The van der Waals surface area contributed by atoms with Crippen molar-refractivity contribution in [3.8, 4) is 0 Å². The third-order valence-electron chi connectivity index (χ3n) is 3.15. The van der Waals surface area contributed by atoms with Gasteiger partial charge in [-0.1, -0.05) is 25.7 Å². The first-order valence-corrected chi connectivity index (χ1v) is 8.06. The Morgan fingerprint density at radius 2 is 1.22 bits per heavy atom. The highest BCUT2D eigenvalue weighted by Crippen LogP contribution is 2.08. The number of hydrazine groups is 1. The predicted molar refractivity (Wildman–Crippen MR) is 85.6 cm³/mol. The van der Waals surface area contributed by atoms with Gasteiger partial charge in [0.1, 0.15) is 11.6 Å².